The number of para-hydroxylation sites is 1. The molecule has 37 heavy (non-hydrogen) atoms. The van der Waals surface area contributed by atoms with E-state index in [4.69, 9.17) is 4.74 Å². The van der Waals surface area contributed by atoms with Crippen LogP contribution in [0.4, 0.5) is 0 Å². The third-order valence-corrected chi connectivity index (χ3v) is 6.83. The van der Waals surface area contributed by atoms with Crippen LogP contribution in [-0.2, 0) is 11.2 Å². The Hall–Kier alpha value is -4.38. The molecule has 2 unspecified atom stereocenters. The normalized spacial score (nSPS) is 12.7. The van der Waals surface area contributed by atoms with Crippen molar-refractivity contribution in [3.8, 4) is 5.75 Å². The quantitative estimate of drug-likeness (QED) is 0.265. The van der Waals surface area contributed by atoms with Gasteiger partial charge in [-0.05, 0) is 42.7 Å². The van der Waals surface area contributed by atoms with E-state index in [2.05, 4.69) is 52.0 Å². The van der Waals surface area contributed by atoms with Gasteiger partial charge < -0.3 is 14.5 Å². The number of aromatic nitrogens is 2. The van der Waals surface area contributed by atoms with Crippen molar-refractivity contribution in [3.63, 3.8) is 0 Å². The number of rotatable bonds is 9. The van der Waals surface area contributed by atoms with Gasteiger partial charge in [0.25, 0.3) is 0 Å². The second-order valence-corrected chi connectivity index (χ2v) is 9.26. The van der Waals surface area contributed by atoms with Crippen LogP contribution in [0.15, 0.2) is 109 Å². The summed E-state index contributed by atoms with van der Waals surface area (Å²) in [6.07, 6.45) is 2.86. The molecule has 2 aromatic heterocycles. The summed E-state index contributed by atoms with van der Waals surface area (Å²) in [6, 6.07) is 34.2. The zero-order valence-corrected chi connectivity index (χ0v) is 21.2. The van der Waals surface area contributed by atoms with E-state index in [1.807, 2.05) is 79.0 Å². The van der Waals surface area contributed by atoms with Crippen molar-refractivity contribution in [1.29, 1.82) is 0 Å². The van der Waals surface area contributed by atoms with Crippen molar-refractivity contribution in [2.75, 3.05) is 7.11 Å². The molecule has 0 fully saturated rings. The van der Waals surface area contributed by atoms with Gasteiger partial charge in [0.2, 0.25) is 5.91 Å². The first-order chi connectivity index (χ1) is 18.1. The number of hydrogen-bond donors (Lipinski definition) is 1. The summed E-state index contributed by atoms with van der Waals surface area (Å²) in [5, 5.41) is 3.33. The summed E-state index contributed by atoms with van der Waals surface area (Å²) in [4.78, 5) is 18.4. The van der Waals surface area contributed by atoms with E-state index in [0.717, 1.165) is 33.9 Å². The highest BCUT2D eigenvalue weighted by atomic mass is 16.5. The van der Waals surface area contributed by atoms with Gasteiger partial charge in [-0.1, -0.05) is 84.9 Å². The first-order valence-corrected chi connectivity index (χ1v) is 12.6. The van der Waals surface area contributed by atoms with Gasteiger partial charge in [-0.15, -0.1) is 0 Å². The molecular formula is C32H31N3O2. The highest BCUT2D eigenvalue weighted by Gasteiger charge is 2.26. The number of imidazole rings is 1. The number of fused-ring (bicyclic) bond motifs is 1. The number of methoxy groups -OCH3 is 1. The van der Waals surface area contributed by atoms with E-state index in [1.165, 1.54) is 5.56 Å². The van der Waals surface area contributed by atoms with Gasteiger partial charge in [-0.25, -0.2) is 4.98 Å². The van der Waals surface area contributed by atoms with Crippen LogP contribution in [0.25, 0.3) is 5.65 Å². The summed E-state index contributed by atoms with van der Waals surface area (Å²) in [5.74, 6) is 0.498. The number of aryl methyl sites for hydroxylation is 1. The Labute approximate surface area is 217 Å². The molecule has 0 bridgehead atoms. The van der Waals surface area contributed by atoms with Gasteiger partial charge in [-0.3, -0.25) is 4.79 Å². The number of nitrogens with zero attached hydrogens (tertiary/aromatic N) is 2. The minimum Gasteiger partial charge on any atom is -0.496 e. The number of carbonyl (C=O) groups excluding carboxylic acids is 1. The summed E-state index contributed by atoms with van der Waals surface area (Å²) < 4.78 is 7.84. The lowest BCUT2D eigenvalue weighted by Crippen LogP contribution is -2.31. The molecule has 0 saturated heterocycles. The van der Waals surface area contributed by atoms with Crippen molar-refractivity contribution >= 4 is 11.6 Å². The number of pyridine rings is 1. The van der Waals surface area contributed by atoms with Crippen LogP contribution in [0.1, 0.15) is 46.5 Å². The lowest BCUT2D eigenvalue weighted by molar-refractivity contribution is -0.122. The van der Waals surface area contributed by atoms with E-state index in [-0.39, 0.29) is 24.3 Å². The Morgan fingerprint density at radius 1 is 0.892 bits per heavy atom. The number of nitrogens with one attached hydrogen (secondary N) is 1. The SMILES string of the molecule is COc1ccccc1C(CC(=O)NC(Cc1ccccc1)c1ccccc1)c1cnc2cccc(C)n12. The fourth-order valence-corrected chi connectivity index (χ4v) is 5.03. The standard InChI is InChI=1S/C32H31N3O2/c1-23-12-11-19-31-33-22-29(35(23)31)27(26-17-9-10-18-30(26)37-2)21-32(36)34-28(25-15-7-4-8-16-25)20-24-13-5-3-6-14-24/h3-19,22,27-28H,20-21H2,1-2H3,(H,34,36). The lowest BCUT2D eigenvalue weighted by Gasteiger charge is -2.23. The molecule has 1 N–H and O–H groups in total. The molecular weight excluding hydrogens is 458 g/mol. The van der Waals surface area contributed by atoms with Crippen LogP contribution in [-0.4, -0.2) is 22.4 Å². The minimum atomic E-state index is -0.236. The predicted molar refractivity (Wildman–Crippen MR) is 147 cm³/mol. The van der Waals surface area contributed by atoms with Crippen LogP contribution in [0.2, 0.25) is 0 Å². The van der Waals surface area contributed by atoms with Gasteiger partial charge in [0.15, 0.2) is 0 Å². The average molecular weight is 490 g/mol. The number of amides is 1. The van der Waals surface area contributed by atoms with Crippen molar-refractivity contribution in [3.05, 3.63) is 137 Å². The molecule has 1 amide bonds. The molecule has 0 spiro atoms. The molecule has 0 radical (unpaired) electrons. The van der Waals surface area contributed by atoms with E-state index in [1.54, 1.807) is 7.11 Å². The maximum Gasteiger partial charge on any atom is 0.221 e. The molecule has 5 heteroatoms. The second kappa shape index (κ2) is 11.1. The lowest BCUT2D eigenvalue weighted by atomic mass is 9.90. The van der Waals surface area contributed by atoms with E-state index < -0.39 is 0 Å². The van der Waals surface area contributed by atoms with E-state index >= 15 is 0 Å². The third kappa shape index (κ3) is 5.41. The van der Waals surface area contributed by atoms with Crippen LogP contribution in [0, 0.1) is 6.92 Å². The van der Waals surface area contributed by atoms with E-state index in [0.29, 0.717) is 6.42 Å². The van der Waals surface area contributed by atoms with Crippen LogP contribution >= 0.6 is 0 Å². The summed E-state index contributed by atoms with van der Waals surface area (Å²) in [5.41, 5.74) is 6.12. The Morgan fingerprint density at radius 2 is 1.59 bits per heavy atom. The number of hydrogen-bond acceptors (Lipinski definition) is 3. The van der Waals surface area contributed by atoms with Gasteiger partial charge in [0.05, 0.1) is 18.8 Å². The largest absolute Gasteiger partial charge is 0.496 e. The Balaban J connectivity index is 1.49. The molecule has 2 atom stereocenters. The van der Waals surface area contributed by atoms with Crippen LogP contribution in [0.5, 0.6) is 5.75 Å². The maximum absolute atomic E-state index is 13.7. The van der Waals surface area contributed by atoms with Crippen molar-refractivity contribution in [2.24, 2.45) is 0 Å². The summed E-state index contributed by atoms with van der Waals surface area (Å²) in [7, 11) is 1.67. The summed E-state index contributed by atoms with van der Waals surface area (Å²) >= 11 is 0. The fraction of sp³-hybridized carbons (Fsp3) is 0.188. The van der Waals surface area contributed by atoms with Gasteiger partial charge in [-0.2, -0.15) is 0 Å². The predicted octanol–water partition coefficient (Wildman–Crippen LogP) is 6.27. The Kier molecular flexibility index (Phi) is 7.31. The molecule has 0 saturated carbocycles. The van der Waals surface area contributed by atoms with Crippen LogP contribution < -0.4 is 10.1 Å². The van der Waals surface area contributed by atoms with Crippen LogP contribution in [0.3, 0.4) is 0 Å². The Bertz CT molecular complexity index is 1480. The van der Waals surface area contributed by atoms with Crippen molar-refractivity contribution in [2.45, 2.75) is 31.7 Å². The maximum atomic E-state index is 13.7. The first-order valence-electron chi connectivity index (χ1n) is 12.6. The van der Waals surface area contributed by atoms with Crippen molar-refractivity contribution < 1.29 is 9.53 Å². The molecule has 0 aliphatic carbocycles. The smallest absolute Gasteiger partial charge is 0.221 e. The molecule has 0 aliphatic rings. The van der Waals surface area contributed by atoms with Gasteiger partial charge in [0.1, 0.15) is 11.4 Å². The zero-order valence-electron chi connectivity index (χ0n) is 21.2. The highest BCUT2D eigenvalue weighted by molar-refractivity contribution is 5.78. The average Bonchev–Trinajstić information content (AvgIpc) is 3.38. The highest BCUT2D eigenvalue weighted by Crippen LogP contribution is 2.35. The fourth-order valence-electron chi connectivity index (χ4n) is 5.03. The Morgan fingerprint density at radius 3 is 2.35 bits per heavy atom. The molecule has 186 valence electrons. The number of carbonyl (C=O) groups is 1. The molecule has 5 nitrogen and oxygen atoms in total. The van der Waals surface area contributed by atoms with Gasteiger partial charge >= 0.3 is 0 Å². The minimum absolute atomic E-state index is 0.0239. The number of benzene rings is 3. The monoisotopic (exact) mass is 489 g/mol. The zero-order chi connectivity index (χ0) is 25.6. The van der Waals surface area contributed by atoms with E-state index in [9.17, 15) is 4.79 Å². The van der Waals surface area contributed by atoms with Crippen molar-refractivity contribution in [1.82, 2.24) is 14.7 Å². The molecule has 0 aliphatic heterocycles. The topological polar surface area (TPSA) is 55.6 Å². The second-order valence-electron chi connectivity index (χ2n) is 9.26. The molecule has 5 rings (SSSR count). The number of ether oxygens (including phenoxy) is 1. The molecule has 2 heterocycles. The first kappa shape index (κ1) is 24.3. The molecule has 3 aromatic carbocycles. The third-order valence-electron chi connectivity index (χ3n) is 6.83. The summed E-state index contributed by atoms with van der Waals surface area (Å²) in [6.45, 7) is 2.06. The van der Waals surface area contributed by atoms with Gasteiger partial charge in [0, 0.05) is 29.8 Å². The molecule has 5 aromatic rings.